The number of sulfone groups is 1. The van der Waals surface area contributed by atoms with Crippen LogP contribution >= 0.6 is 23.4 Å². The lowest BCUT2D eigenvalue weighted by Gasteiger charge is -2.39. The van der Waals surface area contributed by atoms with Crippen molar-refractivity contribution in [2.75, 3.05) is 80.7 Å². The third-order valence-electron chi connectivity index (χ3n) is 15.6. The maximum Gasteiger partial charge on any atom is 0.501 e. The third kappa shape index (κ3) is 14.5. The Morgan fingerprint density at radius 1 is 0.845 bits per heavy atom. The Kier molecular flexibility index (Phi) is 19.0. The first-order valence-electron chi connectivity index (χ1n) is 27.7. The molecule has 3 heterocycles. The van der Waals surface area contributed by atoms with Crippen LogP contribution in [0.4, 0.5) is 30.2 Å². The SMILES string of the molecule is CN(CCCNc1cccc2c1C(=O)N([C@@H]1CCC(=O)NC1=O)C2=O)CC[C@H](CSc1ccccc1)Nc1ccc(S(=O)(=O)NC(=O)c2ccc(N3CCN(CC4=C(c5ccc(Cl)cc5)CCC(C)(C)C4)CC3)cc2)cc1S(=O)(=O)C(F)(F)F. The first kappa shape index (κ1) is 61.8. The Balaban J connectivity index is 0.826. The normalized spacial score (nSPS) is 18.2. The molecule has 4 N–H and O–H groups in total. The fourth-order valence-electron chi connectivity index (χ4n) is 11.1. The van der Waals surface area contributed by atoms with Crippen LogP contribution in [-0.2, 0) is 29.4 Å². The highest BCUT2D eigenvalue weighted by atomic mass is 35.5. The second kappa shape index (κ2) is 25.8. The number of carbonyl (C=O) groups excluding carboxylic acids is 5. The Morgan fingerprint density at radius 3 is 2.25 bits per heavy atom. The third-order valence-corrected chi connectivity index (χ3v) is 19.9. The molecule has 4 aliphatic rings. The highest BCUT2D eigenvalue weighted by Gasteiger charge is 2.49. The molecule has 0 radical (unpaired) electrons. The number of allylic oxidation sites excluding steroid dienone is 1. The van der Waals surface area contributed by atoms with Gasteiger partial charge in [-0.2, -0.15) is 13.2 Å². The summed E-state index contributed by atoms with van der Waals surface area (Å²) >= 11 is 7.58. The van der Waals surface area contributed by atoms with E-state index in [1.807, 2.05) is 59.1 Å². The molecule has 3 aliphatic heterocycles. The van der Waals surface area contributed by atoms with Crippen LogP contribution in [0.15, 0.2) is 136 Å². The molecular formula is C60H66ClF3N8O9S3. The van der Waals surface area contributed by atoms with Crippen LogP contribution < -0.4 is 25.6 Å². The molecule has 5 aromatic rings. The number of carbonyl (C=O) groups is 5. The highest BCUT2D eigenvalue weighted by Crippen LogP contribution is 2.43. The summed E-state index contributed by atoms with van der Waals surface area (Å²) in [6.45, 7) is 9.63. The molecular weight excluding hydrogens is 1170 g/mol. The number of piperidine rings is 1. The van der Waals surface area contributed by atoms with E-state index in [1.54, 1.807) is 24.3 Å². The average Bonchev–Trinajstić information content (AvgIpc) is 2.50. The lowest BCUT2D eigenvalue weighted by Crippen LogP contribution is -2.54. The summed E-state index contributed by atoms with van der Waals surface area (Å²) in [7, 11) is -9.29. The number of hydrogen-bond acceptors (Lipinski definition) is 15. The molecule has 0 bridgehead atoms. The molecule has 9 rings (SSSR count). The molecule has 0 spiro atoms. The van der Waals surface area contributed by atoms with Crippen molar-refractivity contribution in [2.45, 2.75) is 91.1 Å². The summed E-state index contributed by atoms with van der Waals surface area (Å²) in [5.41, 5.74) is -0.718. The number of alkyl halides is 3. The number of amides is 5. The van der Waals surface area contributed by atoms with Gasteiger partial charge in [-0.1, -0.05) is 67.4 Å². The number of thioether (sulfide) groups is 1. The van der Waals surface area contributed by atoms with E-state index in [0.29, 0.717) is 55.9 Å². The number of piperazine rings is 1. The number of anilines is 3. The zero-order valence-corrected chi connectivity index (χ0v) is 49.8. The van der Waals surface area contributed by atoms with E-state index in [1.165, 1.54) is 46.7 Å². The number of sulfonamides is 1. The van der Waals surface area contributed by atoms with Gasteiger partial charge in [0.15, 0.2) is 0 Å². The van der Waals surface area contributed by atoms with Gasteiger partial charge in [0.25, 0.3) is 37.6 Å². The Hall–Kier alpha value is -6.76. The number of imide groups is 2. The molecule has 5 amide bonds. The maximum atomic E-state index is 14.5. The van der Waals surface area contributed by atoms with Crippen LogP contribution in [0.1, 0.15) is 95.4 Å². The topological polar surface area (TPSA) is 215 Å². The molecule has 24 heteroatoms. The van der Waals surface area contributed by atoms with Crippen LogP contribution in [0.5, 0.6) is 0 Å². The van der Waals surface area contributed by atoms with Crippen LogP contribution in [0.2, 0.25) is 5.02 Å². The van der Waals surface area contributed by atoms with Crippen LogP contribution in [0.25, 0.3) is 5.57 Å². The molecule has 0 saturated carbocycles. The first-order valence-corrected chi connectivity index (χ1v) is 32.0. The van der Waals surface area contributed by atoms with Gasteiger partial charge in [-0.3, -0.25) is 39.1 Å². The van der Waals surface area contributed by atoms with Gasteiger partial charge in [-0.05, 0) is 154 Å². The molecule has 2 atom stereocenters. The van der Waals surface area contributed by atoms with Crippen LogP contribution in [0, 0.1) is 5.41 Å². The molecule has 1 aliphatic carbocycles. The van der Waals surface area contributed by atoms with Gasteiger partial charge < -0.3 is 20.4 Å². The monoisotopic (exact) mass is 1230 g/mol. The molecule has 0 unspecified atom stereocenters. The van der Waals surface area contributed by atoms with Gasteiger partial charge in [-0.25, -0.2) is 21.6 Å². The number of hydrogen-bond donors (Lipinski definition) is 4. The minimum atomic E-state index is -6.17. The number of benzene rings is 5. The van der Waals surface area contributed by atoms with E-state index in [2.05, 4.69) is 51.7 Å². The van der Waals surface area contributed by atoms with Crippen molar-refractivity contribution in [3.8, 4) is 0 Å². The van der Waals surface area contributed by atoms with Gasteiger partial charge >= 0.3 is 5.51 Å². The summed E-state index contributed by atoms with van der Waals surface area (Å²) < 4.78 is 99.5. The fourth-order valence-corrected chi connectivity index (χ4v) is 14.2. The molecule has 5 aromatic carbocycles. The van der Waals surface area contributed by atoms with Crippen LogP contribution in [0.3, 0.4) is 0 Å². The molecule has 2 saturated heterocycles. The number of halogens is 4. The number of fused-ring (bicyclic) bond motifs is 1. The number of rotatable bonds is 22. The molecule has 17 nitrogen and oxygen atoms in total. The number of nitrogens with one attached hydrogen (secondary N) is 4. The molecule has 0 aromatic heterocycles. The van der Waals surface area contributed by atoms with E-state index < -0.39 is 82.5 Å². The largest absolute Gasteiger partial charge is 0.501 e. The quantitative estimate of drug-likeness (QED) is 0.0289. The Labute approximate surface area is 496 Å². The van der Waals surface area contributed by atoms with Crippen molar-refractivity contribution < 1.29 is 54.0 Å². The van der Waals surface area contributed by atoms with E-state index in [4.69, 9.17) is 11.6 Å². The van der Waals surface area contributed by atoms with Gasteiger partial charge in [0.2, 0.25) is 11.8 Å². The van der Waals surface area contributed by atoms with E-state index in [0.717, 1.165) is 66.5 Å². The Bertz CT molecular complexity index is 3570. The predicted octanol–water partition coefficient (Wildman–Crippen LogP) is 9.34. The minimum absolute atomic E-state index is 0.0154. The maximum absolute atomic E-state index is 14.5. The van der Waals surface area contributed by atoms with E-state index >= 15 is 0 Å². The zero-order chi connectivity index (χ0) is 60.1. The standard InChI is InChI=1S/C60H66ClF3N8O9S3/c1-59(2)27-25-47(39-13-17-42(61)18-14-39)41(36-59)37-70-31-33-71(34-32-70)44-19-15-40(16-20-44)55(74)68-84(80,81)46-21-22-49(52(35-46)83(78,79)60(62,63)64)66-43(38-82-45-9-5-4-6-10-45)26-30-69(3)29-8-28-65-50-12-7-11-48-54(50)58(77)72(57(48)76)51-23-24-53(73)67-56(51)75/h4-7,9-22,35,43,51,65-66H,8,23-34,36-38H2,1-3H3,(H,68,74)(H,67,73,75)/t43-,51-/m1/s1. The van der Waals surface area contributed by atoms with Gasteiger partial charge in [0.1, 0.15) is 10.9 Å². The lowest BCUT2D eigenvalue weighted by atomic mass is 9.73. The molecule has 2 fully saturated rings. The second-order valence-electron chi connectivity index (χ2n) is 22.3. The molecule has 446 valence electrons. The summed E-state index contributed by atoms with van der Waals surface area (Å²) in [5, 5.41) is 9.06. The van der Waals surface area contributed by atoms with Gasteiger partial charge in [-0.15, -0.1) is 11.8 Å². The van der Waals surface area contributed by atoms with Crippen LogP contribution in [-0.4, -0.2) is 144 Å². The summed E-state index contributed by atoms with van der Waals surface area (Å²) in [6, 6.07) is 28.8. The second-order valence-corrected chi connectivity index (χ2v) is 27.4. The van der Waals surface area contributed by atoms with Gasteiger partial charge in [0.05, 0.1) is 21.7 Å². The average molecular weight is 1230 g/mol. The van der Waals surface area contributed by atoms with Gasteiger partial charge in [0, 0.05) is 84.3 Å². The van der Waals surface area contributed by atoms with Crippen molar-refractivity contribution >= 4 is 95.4 Å². The highest BCUT2D eigenvalue weighted by molar-refractivity contribution is 7.99. The fraction of sp³-hybridized carbons (Fsp3) is 0.383. The number of nitrogens with zero attached hydrogens (tertiary/aromatic N) is 4. The minimum Gasteiger partial charge on any atom is -0.384 e. The Morgan fingerprint density at radius 2 is 1.56 bits per heavy atom. The van der Waals surface area contributed by atoms with Crippen molar-refractivity contribution in [3.63, 3.8) is 0 Å². The zero-order valence-electron chi connectivity index (χ0n) is 46.6. The van der Waals surface area contributed by atoms with Crippen molar-refractivity contribution in [3.05, 3.63) is 148 Å². The summed E-state index contributed by atoms with van der Waals surface area (Å²) in [6.07, 6.45) is 3.89. The summed E-state index contributed by atoms with van der Waals surface area (Å²) in [4.78, 5) is 70.8. The summed E-state index contributed by atoms with van der Waals surface area (Å²) in [5.74, 6) is -3.30. The lowest BCUT2D eigenvalue weighted by molar-refractivity contribution is -0.136. The predicted molar refractivity (Wildman–Crippen MR) is 318 cm³/mol. The smallest absolute Gasteiger partial charge is 0.384 e. The van der Waals surface area contributed by atoms with E-state index in [-0.39, 0.29) is 47.1 Å². The first-order chi connectivity index (χ1) is 39.9. The van der Waals surface area contributed by atoms with E-state index in [9.17, 15) is 54.0 Å². The van der Waals surface area contributed by atoms with Crippen molar-refractivity contribution in [1.82, 2.24) is 24.7 Å². The molecule has 84 heavy (non-hydrogen) atoms. The van der Waals surface area contributed by atoms with Crippen molar-refractivity contribution in [2.24, 2.45) is 5.41 Å². The van der Waals surface area contributed by atoms with Crippen molar-refractivity contribution in [1.29, 1.82) is 0 Å².